The Hall–Kier alpha value is -0.490. The number of halogens is 2. The van der Waals surface area contributed by atoms with Crippen LogP contribution in [0.1, 0.15) is 18.9 Å². The molecule has 1 aromatic rings. The van der Waals surface area contributed by atoms with Crippen molar-refractivity contribution in [3.63, 3.8) is 0 Å². The van der Waals surface area contributed by atoms with E-state index in [1.54, 1.807) is 26.2 Å². The summed E-state index contributed by atoms with van der Waals surface area (Å²) in [5.74, 6) is 0.619. The number of ether oxygens (including phenoxy) is 1. The van der Waals surface area contributed by atoms with Crippen LogP contribution in [0.15, 0.2) is 24.3 Å². The minimum atomic E-state index is -3.43. The summed E-state index contributed by atoms with van der Waals surface area (Å²) in [6, 6.07) is 7.23. The minimum Gasteiger partial charge on any atom is -0.497 e. The summed E-state index contributed by atoms with van der Waals surface area (Å²) >= 11 is 11.9. The maximum Gasteiger partial charge on any atom is 0.212 e. The summed E-state index contributed by atoms with van der Waals surface area (Å²) in [6.45, 7) is 1.99. The quantitative estimate of drug-likeness (QED) is 0.812. The van der Waals surface area contributed by atoms with Gasteiger partial charge in [0.05, 0.1) is 12.9 Å². The first-order valence-corrected chi connectivity index (χ1v) is 8.56. The Kier molecular flexibility index (Phi) is 4.27. The van der Waals surface area contributed by atoms with Crippen molar-refractivity contribution in [3.8, 4) is 5.75 Å². The van der Waals surface area contributed by atoms with Gasteiger partial charge in [-0.15, -0.1) is 23.2 Å². The molecule has 1 N–H and O–H groups in total. The number of benzene rings is 1. The van der Waals surface area contributed by atoms with Gasteiger partial charge in [-0.05, 0) is 24.1 Å². The van der Waals surface area contributed by atoms with Crippen LogP contribution in [-0.4, -0.2) is 25.6 Å². The van der Waals surface area contributed by atoms with Crippen molar-refractivity contribution in [1.82, 2.24) is 4.72 Å². The maximum atomic E-state index is 12.0. The molecule has 1 aliphatic carbocycles. The van der Waals surface area contributed by atoms with Gasteiger partial charge in [-0.25, -0.2) is 13.1 Å². The van der Waals surface area contributed by atoms with Crippen molar-refractivity contribution in [2.24, 2.45) is 5.41 Å². The molecule has 1 fully saturated rings. The number of rotatable bonds is 6. The summed E-state index contributed by atoms with van der Waals surface area (Å²) in [5.41, 5.74) is 0.257. The van der Waals surface area contributed by atoms with E-state index in [1.807, 2.05) is 12.1 Å². The van der Waals surface area contributed by atoms with Crippen molar-refractivity contribution in [1.29, 1.82) is 0 Å². The van der Waals surface area contributed by atoms with E-state index in [1.165, 1.54) is 0 Å². The first-order chi connectivity index (χ1) is 9.17. The van der Waals surface area contributed by atoms with E-state index in [2.05, 4.69) is 4.72 Å². The van der Waals surface area contributed by atoms with Gasteiger partial charge >= 0.3 is 0 Å². The molecule has 20 heavy (non-hydrogen) atoms. The third-order valence-corrected chi connectivity index (χ3v) is 6.29. The fourth-order valence-electron chi connectivity index (χ4n) is 2.05. The Morgan fingerprint density at radius 3 is 2.60 bits per heavy atom. The molecule has 1 atom stereocenters. The summed E-state index contributed by atoms with van der Waals surface area (Å²) < 4.78 is 30.8. The van der Waals surface area contributed by atoms with E-state index < -0.39 is 19.8 Å². The zero-order valence-electron chi connectivity index (χ0n) is 11.3. The van der Waals surface area contributed by atoms with E-state index >= 15 is 0 Å². The molecular weight excluding hydrogens is 321 g/mol. The van der Waals surface area contributed by atoms with Crippen LogP contribution in [-0.2, 0) is 16.6 Å². The average molecular weight is 338 g/mol. The smallest absolute Gasteiger partial charge is 0.212 e. The van der Waals surface area contributed by atoms with E-state index in [0.717, 1.165) is 5.56 Å². The highest BCUT2D eigenvalue weighted by Gasteiger charge is 2.64. The van der Waals surface area contributed by atoms with E-state index in [4.69, 9.17) is 27.9 Å². The Labute approximate surface area is 129 Å². The van der Waals surface area contributed by atoms with Gasteiger partial charge < -0.3 is 4.74 Å². The molecule has 0 aliphatic heterocycles. The second-order valence-corrected chi connectivity index (χ2v) is 8.66. The number of methoxy groups -OCH3 is 1. The first kappa shape index (κ1) is 15.9. The molecule has 7 heteroatoms. The van der Waals surface area contributed by atoms with Crippen molar-refractivity contribution in [2.45, 2.75) is 24.2 Å². The van der Waals surface area contributed by atoms with Crippen LogP contribution in [0.3, 0.4) is 0 Å². The molecule has 0 bridgehead atoms. The Morgan fingerprint density at radius 1 is 1.40 bits per heavy atom. The van der Waals surface area contributed by atoms with Gasteiger partial charge in [0.2, 0.25) is 10.0 Å². The second kappa shape index (κ2) is 5.37. The second-order valence-electron chi connectivity index (χ2n) is 5.37. The van der Waals surface area contributed by atoms with Gasteiger partial charge in [-0.2, -0.15) is 0 Å². The molecule has 0 aromatic heterocycles. The zero-order chi connectivity index (χ0) is 15.0. The van der Waals surface area contributed by atoms with Gasteiger partial charge in [0.25, 0.3) is 0 Å². The monoisotopic (exact) mass is 337 g/mol. The van der Waals surface area contributed by atoms with Crippen LogP contribution in [0.5, 0.6) is 5.75 Å². The molecule has 2 rings (SSSR count). The Morgan fingerprint density at radius 2 is 2.05 bits per heavy atom. The van der Waals surface area contributed by atoms with Gasteiger partial charge in [0.15, 0.2) is 0 Å². The van der Waals surface area contributed by atoms with Crippen LogP contribution in [0, 0.1) is 5.41 Å². The summed E-state index contributed by atoms with van der Waals surface area (Å²) in [7, 11) is -1.86. The molecule has 1 saturated carbocycles. The molecule has 112 valence electrons. The van der Waals surface area contributed by atoms with Gasteiger partial charge in [-0.1, -0.05) is 19.1 Å². The van der Waals surface area contributed by atoms with Crippen molar-refractivity contribution in [3.05, 3.63) is 29.8 Å². The highest BCUT2D eigenvalue weighted by atomic mass is 35.5. The van der Waals surface area contributed by atoms with E-state index in [-0.39, 0.29) is 12.3 Å². The Bertz CT molecular complexity index is 603. The predicted molar refractivity (Wildman–Crippen MR) is 80.8 cm³/mol. The summed E-state index contributed by atoms with van der Waals surface area (Å²) in [6.07, 6.45) is 0.489. The molecule has 0 amide bonds. The van der Waals surface area contributed by atoms with Gasteiger partial charge in [-0.3, -0.25) is 0 Å². The number of nitrogens with one attached hydrogen (secondary N) is 1. The lowest BCUT2D eigenvalue weighted by Gasteiger charge is -2.13. The van der Waals surface area contributed by atoms with E-state index in [0.29, 0.717) is 12.2 Å². The Balaban J connectivity index is 1.96. The minimum absolute atomic E-state index is 0.0725. The fraction of sp³-hybridized carbons (Fsp3) is 0.538. The predicted octanol–water partition coefficient (Wildman–Crippen LogP) is 2.70. The van der Waals surface area contributed by atoms with Gasteiger partial charge in [0.1, 0.15) is 10.1 Å². The fourth-order valence-corrected chi connectivity index (χ4v) is 4.61. The molecule has 1 aromatic carbocycles. The van der Waals surface area contributed by atoms with Crippen molar-refractivity contribution < 1.29 is 13.2 Å². The molecule has 0 radical (unpaired) electrons. The molecule has 0 heterocycles. The lowest BCUT2D eigenvalue weighted by atomic mass is 10.2. The lowest BCUT2D eigenvalue weighted by Crippen LogP contribution is -2.31. The molecule has 1 unspecified atom stereocenters. The number of alkyl halides is 2. The highest BCUT2D eigenvalue weighted by Crippen LogP contribution is 2.64. The van der Waals surface area contributed by atoms with Crippen molar-refractivity contribution >= 4 is 33.2 Å². The third kappa shape index (κ3) is 3.58. The number of hydrogen-bond acceptors (Lipinski definition) is 3. The van der Waals surface area contributed by atoms with Crippen LogP contribution in [0.25, 0.3) is 0 Å². The van der Waals surface area contributed by atoms with Crippen LogP contribution in [0.4, 0.5) is 0 Å². The van der Waals surface area contributed by atoms with E-state index in [9.17, 15) is 8.42 Å². The highest BCUT2D eigenvalue weighted by molar-refractivity contribution is 7.89. The van der Waals surface area contributed by atoms with Crippen molar-refractivity contribution in [2.75, 3.05) is 12.9 Å². The third-order valence-electron chi connectivity index (χ3n) is 3.51. The zero-order valence-corrected chi connectivity index (χ0v) is 13.6. The van der Waals surface area contributed by atoms with Crippen LogP contribution < -0.4 is 9.46 Å². The topological polar surface area (TPSA) is 55.4 Å². The molecule has 0 spiro atoms. The first-order valence-electron chi connectivity index (χ1n) is 6.16. The molecule has 4 nitrogen and oxygen atoms in total. The van der Waals surface area contributed by atoms with Gasteiger partial charge in [0, 0.05) is 12.0 Å². The average Bonchev–Trinajstić information content (AvgIpc) is 2.84. The van der Waals surface area contributed by atoms with Crippen LogP contribution >= 0.6 is 23.2 Å². The maximum absolute atomic E-state index is 12.0. The largest absolute Gasteiger partial charge is 0.497 e. The summed E-state index contributed by atoms with van der Waals surface area (Å²) in [4.78, 5) is 0. The number of sulfonamides is 1. The SMILES string of the molecule is COc1cccc(CNS(=O)(=O)CC2(C)CC2(Cl)Cl)c1. The standard InChI is InChI=1S/C13H17Cl2NO3S/c1-12(8-13(12,14)15)9-20(17,18)16-7-10-4-3-5-11(6-10)19-2/h3-6,16H,7-9H2,1-2H3. The number of hydrogen-bond donors (Lipinski definition) is 1. The molecule has 1 aliphatic rings. The lowest BCUT2D eigenvalue weighted by molar-refractivity contribution is 0.414. The van der Waals surface area contributed by atoms with Crippen LogP contribution in [0.2, 0.25) is 0 Å². The molecule has 0 saturated heterocycles. The summed E-state index contributed by atoms with van der Waals surface area (Å²) in [5, 5.41) is 0. The molecular formula is C13H17Cl2NO3S. The normalized spacial score (nSPS) is 24.4.